The first-order valence-electron chi connectivity index (χ1n) is 5.19. The molecule has 0 aliphatic rings. The average Bonchev–Trinajstić information content (AvgIpc) is 2.63. The maximum Gasteiger partial charge on any atom is 0.162 e. The van der Waals surface area contributed by atoms with Crippen LogP contribution in [0.25, 0.3) is 0 Å². The van der Waals surface area contributed by atoms with E-state index in [4.69, 9.17) is 5.26 Å². The molecule has 3 nitrogen and oxygen atoms in total. The normalized spacial score (nSPS) is 10.1. The molecule has 2 rings (SSSR count). The fraction of sp³-hybridized carbons (Fsp3) is 0.231. The third kappa shape index (κ3) is 2.12. The van der Waals surface area contributed by atoms with Crippen molar-refractivity contribution in [1.29, 1.82) is 5.26 Å². The van der Waals surface area contributed by atoms with Crippen LogP contribution in [0, 0.1) is 25.2 Å². The summed E-state index contributed by atoms with van der Waals surface area (Å²) in [4.78, 5) is 0. The molecule has 2 aromatic rings. The zero-order valence-electron chi connectivity index (χ0n) is 9.44. The number of benzene rings is 1. The minimum absolute atomic E-state index is 0.476. The number of rotatable bonds is 2. The highest BCUT2D eigenvalue weighted by Crippen LogP contribution is 2.08. The van der Waals surface area contributed by atoms with Gasteiger partial charge in [0.25, 0.3) is 0 Å². The van der Waals surface area contributed by atoms with Crippen molar-refractivity contribution in [3.63, 3.8) is 0 Å². The zero-order valence-corrected chi connectivity index (χ0v) is 9.44. The van der Waals surface area contributed by atoms with Crippen LogP contribution in [-0.4, -0.2) is 9.78 Å². The largest absolute Gasteiger partial charge is 0.264 e. The number of hydrogen-bond acceptors (Lipinski definition) is 2. The lowest BCUT2D eigenvalue weighted by molar-refractivity contribution is 0.662. The first-order chi connectivity index (χ1) is 7.69. The number of aromatic nitrogens is 2. The SMILES string of the molecule is Cc1ccc(Cn2nc(C#N)cc2C)cc1. The van der Waals surface area contributed by atoms with Gasteiger partial charge < -0.3 is 0 Å². The Labute approximate surface area is 94.9 Å². The summed E-state index contributed by atoms with van der Waals surface area (Å²) >= 11 is 0. The van der Waals surface area contributed by atoms with Gasteiger partial charge in [-0.3, -0.25) is 4.68 Å². The molecule has 0 aliphatic heterocycles. The number of aryl methyl sites for hydroxylation is 2. The summed E-state index contributed by atoms with van der Waals surface area (Å²) in [5, 5.41) is 13.0. The van der Waals surface area contributed by atoms with Gasteiger partial charge in [0.15, 0.2) is 5.69 Å². The topological polar surface area (TPSA) is 41.6 Å². The summed E-state index contributed by atoms with van der Waals surface area (Å²) in [6.07, 6.45) is 0. The number of nitriles is 1. The highest BCUT2D eigenvalue weighted by atomic mass is 15.3. The van der Waals surface area contributed by atoms with E-state index in [9.17, 15) is 0 Å². The lowest BCUT2D eigenvalue weighted by Gasteiger charge is -2.04. The summed E-state index contributed by atoms with van der Waals surface area (Å²) in [6, 6.07) is 12.2. The third-order valence-electron chi connectivity index (χ3n) is 2.55. The molecule has 16 heavy (non-hydrogen) atoms. The van der Waals surface area contributed by atoms with Crippen molar-refractivity contribution in [3.8, 4) is 6.07 Å². The highest BCUT2D eigenvalue weighted by molar-refractivity contribution is 5.24. The van der Waals surface area contributed by atoms with Crippen LogP contribution in [0.3, 0.4) is 0 Å². The van der Waals surface area contributed by atoms with E-state index in [0.29, 0.717) is 12.2 Å². The second-order valence-electron chi connectivity index (χ2n) is 3.93. The Morgan fingerprint density at radius 1 is 1.25 bits per heavy atom. The van der Waals surface area contributed by atoms with Crippen LogP contribution < -0.4 is 0 Å². The molecule has 3 heteroatoms. The molecule has 0 unspecified atom stereocenters. The molecule has 1 aromatic heterocycles. The zero-order chi connectivity index (χ0) is 11.5. The van der Waals surface area contributed by atoms with E-state index >= 15 is 0 Å². The van der Waals surface area contributed by atoms with Crippen LogP contribution in [0.4, 0.5) is 0 Å². The van der Waals surface area contributed by atoms with E-state index in [1.807, 2.05) is 11.6 Å². The molecule has 0 spiro atoms. The molecule has 0 saturated heterocycles. The Bertz CT molecular complexity index is 529. The van der Waals surface area contributed by atoms with Gasteiger partial charge in [-0.25, -0.2) is 0 Å². The Balaban J connectivity index is 2.24. The minimum atomic E-state index is 0.476. The second-order valence-corrected chi connectivity index (χ2v) is 3.93. The van der Waals surface area contributed by atoms with Crippen molar-refractivity contribution >= 4 is 0 Å². The quantitative estimate of drug-likeness (QED) is 0.765. The lowest BCUT2D eigenvalue weighted by Crippen LogP contribution is -2.03. The summed E-state index contributed by atoms with van der Waals surface area (Å²) in [5.41, 5.74) is 3.93. The number of nitrogens with zero attached hydrogens (tertiary/aromatic N) is 3. The summed E-state index contributed by atoms with van der Waals surface area (Å²) in [7, 11) is 0. The summed E-state index contributed by atoms with van der Waals surface area (Å²) < 4.78 is 1.85. The molecular weight excluding hydrogens is 198 g/mol. The van der Waals surface area contributed by atoms with E-state index in [-0.39, 0.29) is 0 Å². The van der Waals surface area contributed by atoms with Crippen molar-refractivity contribution in [2.45, 2.75) is 20.4 Å². The molecule has 0 bridgehead atoms. The second kappa shape index (κ2) is 4.19. The van der Waals surface area contributed by atoms with Crippen LogP contribution in [0.2, 0.25) is 0 Å². The van der Waals surface area contributed by atoms with Crippen molar-refractivity contribution in [2.24, 2.45) is 0 Å². The van der Waals surface area contributed by atoms with E-state index in [0.717, 1.165) is 5.69 Å². The monoisotopic (exact) mass is 211 g/mol. The molecule has 0 aliphatic carbocycles. The molecule has 0 amide bonds. The van der Waals surface area contributed by atoms with Gasteiger partial charge >= 0.3 is 0 Å². The van der Waals surface area contributed by atoms with E-state index in [1.165, 1.54) is 11.1 Å². The van der Waals surface area contributed by atoms with Gasteiger partial charge in [0.1, 0.15) is 6.07 Å². The maximum absolute atomic E-state index is 8.75. The number of hydrogen-bond donors (Lipinski definition) is 0. The van der Waals surface area contributed by atoms with Crippen LogP contribution in [0.5, 0.6) is 0 Å². The Kier molecular flexibility index (Phi) is 2.74. The van der Waals surface area contributed by atoms with Gasteiger partial charge in [0.05, 0.1) is 6.54 Å². The Hall–Kier alpha value is -2.08. The highest BCUT2D eigenvalue weighted by Gasteiger charge is 2.03. The van der Waals surface area contributed by atoms with Crippen molar-refractivity contribution in [1.82, 2.24) is 9.78 Å². The first-order valence-corrected chi connectivity index (χ1v) is 5.19. The smallest absolute Gasteiger partial charge is 0.162 e. The predicted octanol–water partition coefficient (Wildman–Crippen LogP) is 2.42. The minimum Gasteiger partial charge on any atom is -0.264 e. The molecule has 0 fully saturated rings. The van der Waals surface area contributed by atoms with Gasteiger partial charge in [-0.2, -0.15) is 10.4 Å². The predicted molar refractivity (Wildman–Crippen MR) is 62.0 cm³/mol. The lowest BCUT2D eigenvalue weighted by atomic mass is 10.1. The van der Waals surface area contributed by atoms with Crippen molar-refractivity contribution in [2.75, 3.05) is 0 Å². The fourth-order valence-corrected chi connectivity index (χ4v) is 1.59. The molecule has 1 aromatic carbocycles. The molecular formula is C13H13N3. The molecule has 0 radical (unpaired) electrons. The van der Waals surface area contributed by atoms with Crippen molar-refractivity contribution in [3.05, 3.63) is 52.8 Å². The van der Waals surface area contributed by atoms with Gasteiger partial charge in [-0.15, -0.1) is 0 Å². The van der Waals surface area contributed by atoms with Crippen LogP contribution in [0.1, 0.15) is 22.5 Å². The molecule has 0 N–H and O–H groups in total. The standard InChI is InChI=1S/C13H13N3/c1-10-3-5-12(6-4-10)9-16-11(2)7-13(8-14)15-16/h3-7H,9H2,1-2H3. The fourth-order valence-electron chi connectivity index (χ4n) is 1.59. The van der Waals surface area contributed by atoms with Crippen LogP contribution in [-0.2, 0) is 6.54 Å². The Morgan fingerprint density at radius 2 is 1.94 bits per heavy atom. The van der Waals surface area contributed by atoms with Gasteiger partial charge in [0, 0.05) is 5.69 Å². The van der Waals surface area contributed by atoms with Gasteiger partial charge in [-0.1, -0.05) is 29.8 Å². The Morgan fingerprint density at radius 3 is 2.50 bits per heavy atom. The summed E-state index contributed by atoms with van der Waals surface area (Å²) in [5.74, 6) is 0. The molecule has 80 valence electrons. The van der Waals surface area contributed by atoms with E-state index in [2.05, 4.69) is 42.4 Å². The van der Waals surface area contributed by atoms with E-state index in [1.54, 1.807) is 6.07 Å². The third-order valence-corrected chi connectivity index (χ3v) is 2.55. The maximum atomic E-state index is 8.75. The first kappa shape index (κ1) is 10.4. The van der Waals surface area contributed by atoms with Gasteiger partial charge in [-0.05, 0) is 25.5 Å². The van der Waals surface area contributed by atoms with Gasteiger partial charge in [0.2, 0.25) is 0 Å². The summed E-state index contributed by atoms with van der Waals surface area (Å²) in [6.45, 7) is 4.74. The van der Waals surface area contributed by atoms with Crippen LogP contribution in [0.15, 0.2) is 30.3 Å². The van der Waals surface area contributed by atoms with E-state index < -0.39 is 0 Å². The average molecular weight is 211 g/mol. The van der Waals surface area contributed by atoms with Crippen LogP contribution >= 0.6 is 0 Å². The molecule has 1 heterocycles. The molecule has 0 atom stereocenters. The molecule has 0 saturated carbocycles. The van der Waals surface area contributed by atoms with Crippen molar-refractivity contribution < 1.29 is 0 Å².